The van der Waals surface area contributed by atoms with E-state index in [-0.39, 0.29) is 36.3 Å². The van der Waals surface area contributed by atoms with E-state index in [1.807, 2.05) is 0 Å². The van der Waals surface area contributed by atoms with Crippen LogP contribution in [0.15, 0.2) is 41.0 Å². The highest BCUT2D eigenvalue weighted by atomic mass is 19.3. The van der Waals surface area contributed by atoms with Gasteiger partial charge in [0.15, 0.2) is 11.5 Å². The second-order valence-electron chi connectivity index (χ2n) is 6.34. The molecule has 0 spiro atoms. The number of likely N-dealkylation sites (tertiary alicyclic amines) is 1. The molecule has 0 aliphatic carbocycles. The number of halogens is 2. The van der Waals surface area contributed by atoms with Crippen LogP contribution >= 0.6 is 0 Å². The largest absolute Gasteiger partial charge is 0.493 e. The lowest BCUT2D eigenvalue weighted by molar-refractivity contribution is -0.129. The predicted molar refractivity (Wildman–Crippen MR) is 93.7 cm³/mol. The number of hydrogen-bond acceptors (Lipinski definition) is 5. The summed E-state index contributed by atoms with van der Waals surface area (Å²) in [6, 6.07) is 7.95. The topological polar surface area (TPSA) is 81.0 Å². The monoisotopic (exact) mass is 394 g/mol. The lowest BCUT2D eigenvalue weighted by atomic mass is 10.1. The summed E-state index contributed by atoms with van der Waals surface area (Å²) in [6.45, 7) is -2.13. The highest BCUT2D eigenvalue weighted by Crippen LogP contribution is 2.29. The van der Waals surface area contributed by atoms with Crippen LogP contribution in [-0.2, 0) is 22.7 Å². The Hall–Kier alpha value is -3.10. The standard InChI is InChI=1S/C19H20F2N2O5/c1-26-16-7-12(4-5-15(16)28-19(20)21)9-22-18(25)13-8-17(24)23(10-13)11-14-3-2-6-27-14/h2-7,13,19H,8-11H2,1H3,(H,22,25)/t13-/m1/s1. The van der Waals surface area contributed by atoms with Crippen molar-refractivity contribution in [3.05, 3.63) is 47.9 Å². The lowest BCUT2D eigenvalue weighted by Crippen LogP contribution is -2.32. The third-order valence-electron chi connectivity index (χ3n) is 4.42. The maximum absolute atomic E-state index is 12.4. The van der Waals surface area contributed by atoms with Crippen molar-refractivity contribution >= 4 is 11.8 Å². The molecular weight excluding hydrogens is 374 g/mol. The molecule has 2 amide bonds. The van der Waals surface area contributed by atoms with Gasteiger partial charge in [0.05, 0.1) is 25.8 Å². The zero-order valence-electron chi connectivity index (χ0n) is 15.2. The van der Waals surface area contributed by atoms with Gasteiger partial charge < -0.3 is 24.1 Å². The normalized spacial score (nSPS) is 16.5. The van der Waals surface area contributed by atoms with Crippen LogP contribution in [0.5, 0.6) is 11.5 Å². The summed E-state index contributed by atoms with van der Waals surface area (Å²) in [7, 11) is 1.34. The van der Waals surface area contributed by atoms with Gasteiger partial charge in [-0.2, -0.15) is 8.78 Å². The Morgan fingerprint density at radius 1 is 1.36 bits per heavy atom. The van der Waals surface area contributed by atoms with Gasteiger partial charge in [-0.05, 0) is 29.8 Å². The van der Waals surface area contributed by atoms with E-state index >= 15 is 0 Å². The molecule has 7 nitrogen and oxygen atoms in total. The van der Waals surface area contributed by atoms with E-state index in [1.54, 1.807) is 23.1 Å². The van der Waals surface area contributed by atoms with Crippen LogP contribution in [0.3, 0.4) is 0 Å². The molecule has 1 atom stereocenters. The van der Waals surface area contributed by atoms with E-state index in [2.05, 4.69) is 10.1 Å². The number of hydrogen-bond donors (Lipinski definition) is 1. The molecule has 1 N–H and O–H groups in total. The van der Waals surface area contributed by atoms with E-state index in [1.165, 1.54) is 25.5 Å². The zero-order chi connectivity index (χ0) is 20.1. The van der Waals surface area contributed by atoms with Crippen LogP contribution in [0.4, 0.5) is 8.78 Å². The molecule has 1 aromatic heterocycles. The van der Waals surface area contributed by atoms with E-state index < -0.39 is 12.5 Å². The number of benzene rings is 1. The Kier molecular flexibility index (Phi) is 6.13. The predicted octanol–water partition coefficient (Wildman–Crippen LogP) is 2.55. The average molecular weight is 394 g/mol. The molecule has 0 unspecified atom stereocenters. The quantitative estimate of drug-likeness (QED) is 0.744. The zero-order valence-corrected chi connectivity index (χ0v) is 15.2. The Balaban J connectivity index is 1.54. The minimum absolute atomic E-state index is 0.0810. The van der Waals surface area contributed by atoms with Gasteiger partial charge in [0.1, 0.15) is 5.76 Å². The number of carbonyl (C=O) groups excluding carboxylic acids is 2. The fraction of sp³-hybridized carbons (Fsp3) is 0.368. The van der Waals surface area contributed by atoms with Crippen LogP contribution in [-0.4, -0.2) is 37.0 Å². The number of ether oxygens (including phenoxy) is 2. The van der Waals surface area contributed by atoms with E-state index in [4.69, 9.17) is 9.15 Å². The molecule has 0 saturated carbocycles. The van der Waals surface area contributed by atoms with E-state index in [9.17, 15) is 18.4 Å². The fourth-order valence-electron chi connectivity index (χ4n) is 3.04. The van der Waals surface area contributed by atoms with Crippen molar-refractivity contribution < 1.29 is 32.3 Å². The molecule has 2 heterocycles. The maximum atomic E-state index is 12.4. The van der Waals surface area contributed by atoms with Crippen LogP contribution in [0.1, 0.15) is 17.7 Å². The smallest absolute Gasteiger partial charge is 0.387 e. The van der Waals surface area contributed by atoms with Gasteiger partial charge >= 0.3 is 6.61 Å². The number of amides is 2. The molecule has 3 rings (SSSR count). The second kappa shape index (κ2) is 8.73. The average Bonchev–Trinajstić information content (AvgIpc) is 3.30. The summed E-state index contributed by atoms with van der Waals surface area (Å²) in [5, 5.41) is 2.77. The van der Waals surface area contributed by atoms with Crippen molar-refractivity contribution in [3.8, 4) is 11.5 Å². The number of carbonyl (C=O) groups is 2. The van der Waals surface area contributed by atoms with Crippen molar-refractivity contribution in [1.82, 2.24) is 10.2 Å². The number of rotatable bonds is 8. The summed E-state index contributed by atoms with van der Waals surface area (Å²) in [5.41, 5.74) is 0.656. The third kappa shape index (κ3) is 4.79. The Morgan fingerprint density at radius 3 is 2.86 bits per heavy atom. The molecule has 150 valence electrons. The minimum Gasteiger partial charge on any atom is -0.493 e. The highest BCUT2D eigenvalue weighted by Gasteiger charge is 2.34. The molecule has 0 radical (unpaired) electrons. The number of methoxy groups -OCH3 is 1. The first-order valence-corrected chi connectivity index (χ1v) is 8.66. The maximum Gasteiger partial charge on any atom is 0.387 e. The second-order valence-corrected chi connectivity index (χ2v) is 6.34. The minimum atomic E-state index is -2.96. The molecule has 0 bridgehead atoms. The third-order valence-corrected chi connectivity index (χ3v) is 4.42. The van der Waals surface area contributed by atoms with E-state index in [0.717, 1.165) is 0 Å². The van der Waals surface area contributed by atoms with Crippen molar-refractivity contribution in [3.63, 3.8) is 0 Å². The molecule has 28 heavy (non-hydrogen) atoms. The van der Waals surface area contributed by atoms with Gasteiger partial charge in [-0.1, -0.05) is 6.07 Å². The van der Waals surface area contributed by atoms with Gasteiger partial charge in [-0.25, -0.2) is 0 Å². The summed E-state index contributed by atoms with van der Waals surface area (Å²) in [5.74, 6) is -0.0810. The van der Waals surface area contributed by atoms with Crippen molar-refractivity contribution in [2.45, 2.75) is 26.1 Å². The van der Waals surface area contributed by atoms with Crippen LogP contribution in [0, 0.1) is 5.92 Å². The summed E-state index contributed by atoms with van der Waals surface area (Å²) in [6.07, 6.45) is 1.67. The fourth-order valence-corrected chi connectivity index (χ4v) is 3.04. The molecule has 1 saturated heterocycles. The highest BCUT2D eigenvalue weighted by molar-refractivity contribution is 5.89. The molecule has 1 fully saturated rings. The van der Waals surface area contributed by atoms with Crippen molar-refractivity contribution in [1.29, 1.82) is 0 Å². The van der Waals surface area contributed by atoms with Crippen LogP contribution < -0.4 is 14.8 Å². The Bertz CT molecular complexity index is 826. The van der Waals surface area contributed by atoms with Gasteiger partial charge in [0.25, 0.3) is 0 Å². The Morgan fingerprint density at radius 2 is 2.18 bits per heavy atom. The van der Waals surface area contributed by atoms with Gasteiger partial charge in [-0.15, -0.1) is 0 Å². The molecule has 2 aromatic rings. The SMILES string of the molecule is COc1cc(CNC(=O)[C@@H]2CC(=O)N(Cc3ccco3)C2)ccc1OC(F)F. The molecular formula is C19H20F2N2O5. The first-order valence-electron chi connectivity index (χ1n) is 8.66. The van der Waals surface area contributed by atoms with Crippen LogP contribution in [0.2, 0.25) is 0 Å². The molecule has 1 aliphatic rings. The lowest BCUT2D eigenvalue weighted by Gasteiger charge is -2.15. The summed E-state index contributed by atoms with van der Waals surface area (Å²) >= 11 is 0. The Labute approximate surface area is 160 Å². The number of nitrogens with zero attached hydrogens (tertiary/aromatic N) is 1. The van der Waals surface area contributed by atoms with Crippen molar-refractivity contribution in [2.24, 2.45) is 5.92 Å². The van der Waals surface area contributed by atoms with Gasteiger partial charge in [0.2, 0.25) is 11.8 Å². The number of furan rings is 1. The number of nitrogens with one attached hydrogen (secondary N) is 1. The van der Waals surface area contributed by atoms with Crippen LogP contribution in [0.25, 0.3) is 0 Å². The summed E-state index contributed by atoms with van der Waals surface area (Å²) in [4.78, 5) is 26.1. The molecule has 1 aliphatic heterocycles. The van der Waals surface area contributed by atoms with Gasteiger partial charge in [0, 0.05) is 19.5 Å². The molecule has 9 heteroatoms. The van der Waals surface area contributed by atoms with Gasteiger partial charge in [-0.3, -0.25) is 9.59 Å². The number of alkyl halides is 2. The van der Waals surface area contributed by atoms with E-state index in [0.29, 0.717) is 24.4 Å². The summed E-state index contributed by atoms with van der Waals surface area (Å²) < 4.78 is 39.4. The first-order chi connectivity index (χ1) is 13.5. The molecule has 1 aromatic carbocycles. The van der Waals surface area contributed by atoms with Crippen molar-refractivity contribution in [2.75, 3.05) is 13.7 Å². The first kappa shape index (κ1) is 19.7.